The second-order valence-corrected chi connectivity index (χ2v) is 10.6. The molecule has 0 aliphatic carbocycles. The number of hydrogen-bond donors (Lipinski definition) is 4. The van der Waals surface area contributed by atoms with Crippen LogP contribution in [0, 0.1) is 0 Å². The maximum atomic E-state index is 10.6. The maximum absolute atomic E-state index is 10.6. The van der Waals surface area contributed by atoms with Gasteiger partial charge in [0.25, 0.3) is 0 Å². The average Bonchev–Trinajstić information content (AvgIpc) is 3.44. The zero-order valence-electron chi connectivity index (χ0n) is 24.9. The van der Waals surface area contributed by atoms with Crippen LogP contribution in [0.2, 0.25) is 0 Å². The van der Waals surface area contributed by atoms with Gasteiger partial charge in [0, 0.05) is 55.4 Å². The first-order chi connectivity index (χ1) is 22.5. The molecule has 5 aromatic rings. The van der Waals surface area contributed by atoms with Gasteiger partial charge in [-0.05, 0) is 41.3 Å². The second-order valence-electron chi connectivity index (χ2n) is 10.6. The highest BCUT2D eigenvalue weighted by molar-refractivity contribution is 5.87. The number of imidazole rings is 1. The van der Waals surface area contributed by atoms with Crippen LogP contribution in [0.5, 0.6) is 0 Å². The van der Waals surface area contributed by atoms with Gasteiger partial charge in [-0.25, -0.2) is 19.6 Å². The first-order valence-corrected chi connectivity index (χ1v) is 14.2. The molecule has 1 aliphatic rings. The quantitative estimate of drug-likeness (QED) is 0.183. The van der Waals surface area contributed by atoms with Gasteiger partial charge in [0.2, 0.25) is 0 Å². The standard InChI is InChI=1S/C27H27N7.2C2HF3O2/c28-22-6-3-10-33(17-22)25-16-31-24(20-8-7-18-4-1-2-5-19(18)12-20)14-21(25)13-23-15-32-27-26(29)30-9-11-34(23)27;2*3-2(4,5)1(6)7/h1-2,4-5,7-9,11-12,14-16,22H,3,6,10,13,17,28H2,(H2,29,30);2*(H,6,7)/t22-;;/m1../s1. The van der Waals surface area contributed by atoms with E-state index in [9.17, 15) is 26.3 Å². The number of aromatic nitrogens is 4. The SMILES string of the molecule is Nc1nccn2c(Cc3cc(-c4ccc5ccccc5c4)ncc3N3CCC[C@@H](N)C3)cnc12.O=C(O)C(F)(F)F.O=C(O)C(F)(F)F. The van der Waals surface area contributed by atoms with Crippen LogP contribution < -0.4 is 16.4 Å². The number of alkyl halides is 6. The Morgan fingerprint density at radius 2 is 1.54 bits per heavy atom. The summed E-state index contributed by atoms with van der Waals surface area (Å²) in [7, 11) is 0. The number of anilines is 2. The fraction of sp³-hybridized carbons (Fsp3) is 0.258. The van der Waals surface area contributed by atoms with Crippen LogP contribution >= 0.6 is 0 Å². The van der Waals surface area contributed by atoms with Gasteiger partial charge in [-0.3, -0.25) is 9.38 Å². The molecule has 0 unspecified atom stereocenters. The predicted octanol–water partition coefficient (Wildman–Crippen LogP) is 5.31. The Bertz CT molecular complexity index is 1890. The molecular formula is C31H29F6N7O4. The van der Waals surface area contributed by atoms with E-state index in [-0.39, 0.29) is 6.04 Å². The monoisotopic (exact) mass is 677 g/mol. The summed E-state index contributed by atoms with van der Waals surface area (Å²) in [6.45, 7) is 1.83. The number of piperidine rings is 1. The third-order valence-corrected chi connectivity index (χ3v) is 7.20. The minimum absolute atomic E-state index is 0.184. The summed E-state index contributed by atoms with van der Waals surface area (Å²) in [6.07, 6.45) is 0.209. The normalized spacial score (nSPS) is 14.9. The minimum atomic E-state index is -5.08. The Kier molecular flexibility index (Phi) is 10.7. The van der Waals surface area contributed by atoms with E-state index >= 15 is 0 Å². The maximum Gasteiger partial charge on any atom is 0.490 e. The van der Waals surface area contributed by atoms with Crippen LogP contribution in [0.15, 0.2) is 73.3 Å². The zero-order chi connectivity index (χ0) is 35.2. The summed E-state index contributed by atoms with van der Waals surface area (Å²) in [5.41, 5.74) is 18.5. The lowest BCUT2D eigenvalue weighted by molar-refractivity contribution is -0.193. The number of nitrogens with two attached hydrogens (primary N) is 2. The highest BCUT2D eigenvalue weighted by Gasteiger charge is 2.38. The van der Waals surface area contributed by atoms with Crippen LogP contribution in [0.25, 0.3) is 27.7 Å². The molecular weight excluding hydrogens is 648 g/mol. The molecule has 48 heavy (non-hydrogen) atoms. The lowest BCUT2D eigenvalue weighted by atomic mass is 10.00. The molecule has 1 atom stereocenters. The summed E-state index contributed by atoms with van der Waals surface area (Å²) in [5, 5.41) is 16.7. The Morgan fingerprint density at radius 1 is 0.896 bits per heavy atom. The van der Waals surface area contributed by atoms with E-state index in [1.807, 2.05) is 23.0 Å². The number of nitrogens with zero attached hydrogens (tertiary/aromatic N) is 5. The molecule has 0 bridgehead atoms. The van der Waals surface area contributed by atoms with Crippen molar-refractivity contribution < 1.29 is 46.1 Å². The van der Waals surface area contributed by atoms with Crippen LogP contribution in [-0.2, 0) is 16.0 Å². The Morgan fingerprint density at radius 3 is 2.17 bits per heavy atom. The van der Waals surface area contributed by atoms with Gasteiger partial charge in [0.05, 0.1) is 17.6 Å². The molecule has 0 radical (unpaired) electrons. The van der Waals surface area contributed by atoms with Crippen molar-refractivity contribution in [1.82, 2.24) is 19.4 Å². The number of nitrogen functional groups attached to an aromatic ring is 1. The lowest BCUT2D eigenvalue weighted by Crippen LogP contribution is -2.43. The molecule has 6 rings (SSSR count). The van der Waals surface area contributed by atoms with Gasteiger partial charge < -0.3 is 26.6 Å². The van der Waals surface area contributed by atoms with Crippen molar-refractivity contribution in [1.29, 1.82) is 0 Å². The van der Waals surface area contributed by atoms with Gasteiger partial charge in [0.1, 0.15) is 0 Å². The molecule has 0 amide bonds. The van der Waals surface area contributed by atoms with E-state index in [1.54, 1.807) is 6.20 Å². The first-order valence-electron chi connectivity index (χ1n) is 14.2. The summed E-state index contributed by atoms with van der Waals surface area (Å²) >= 11 is 0. The highest BCUT2D eigenvalue weighted by Crippen LogP contribution is 2.31. The number of fused-ring (bicyclic) bond motifs is 2. The molecule has 11 nitrogen and oxygen atoms in total. The van der Waals surface area contributed by atoms with E-state index in [2.05, 4.69) is 63.4 Å². The van der Waals surface area contributed by atoms with Crippen molar-refractivity contribution in [3.8, 4) is 11.3 Å². The minimum Gasteiger partial charge on any atom is -0.475 e. The fourth-order valence-corrected chi connectivity index (χ4v) is 4.97. The van der Waals surface area contributed by atoms with E-state index in [4.69, 9.17) is 36.3 Å². The number of benzene rings is 2. The van der Waals surface area contributed by atoms with Gasteiger partial charge in [-0.1, -0.05) is 36.4 Å². The number of pyridine rings is 1. The van der Waals surface area contributed by atoms with Crippen molar-refractivity contribution in [2.75, 3.05) is 23.7 Å². The van der Waals surface area contributed by atoms with Crippen LogP contribution in [0.1, 0.15) is 24.1 Å². The van der Waals surface area contributed by atoms with Crippen molar-refractivity contribution in [2.24, 2.45) is 5.73 Å². The molecule has 2 aromatic carbocycles. The van der Waals surface area contributed by atoms with Crippen molar-refractivity contribution in [3.63, 3.8) is 0 Å². The molecule has 3 aromatic heterocycles. The summed E-state index contributed by atoms with van der Waals surface area (Å²) in [6, 6.07) is 17.3. The Labute approximate surface area is 268 Å². The van der Waals surface area contributed by atoms with E-state index < -0.39 is 24.3 Å². The van der Waals surface area contributed by atoms with Crippen LogP contribution in [-0.4, -0.2) is 73.0 Å². The van der Waals surface area contributed by atoms with E-state index in [0.29, 0.717) is 17.9 Å². The smallest absolute Gasteiger partial charge is 0.475 e. The van der Waals surface area contributed by atoms with E-state index in [1.165, 1.54) is 16.3 Å². The number of carboxylic acids is 2. The van der Waals surface area contributed by atoms with Gasteiger partial charge in [-0.2, -0.15) is 26.3 Å². The van der Waals surface area contributed by atoms with Crippen LogP contribution in [0.4, 0.5) is 37.8 Å². The third kappa shape index (κ3) is 8.87. The summed E-state index contributed by atoms with van der Waals surface area (Å²) in [5.74, 6) is -5.08. The zero-order valence-corrected chi connectivity index (χ0v) is 24.9. The predicted molar refractivity (Wildman–Crippen MR) is 164 cm³/mol. The third-order valence-electron chi connectivity index (χ3n) is 7.20. The molecule has 17 heteroatoms. The molecule has 0 saturated carbocycles. The largest absolute Gasteiger partial charge is 0.490 e. The molecule has 1 saturated heterocycles. The highest BCUT2D eigenvalue weighted by atomic mass is 19.4. The number of halogens is 6. The number of rotatable bonds is 4. The van der Waals surface area contributed by atoms with Gasteiger partial charge in [-0.15, -0.1) is 0 Å². The average molecular weight is 678 g/mol. The molecule has 0 spiro atoms. The topological polar surface area (TPSA) is 173 Å². The van der Waals surface area contributed by atoms with E-state index in [0.717, 1.165) is 48.6 Å². The number of carbonyl (C=O) groups is 2. The van der Waals surface area contributed by atoms with Crippen LogP contribution in [0.3, 0.4) is 0 Å². The van der Waals surface area contributed by atoms with Gasteiger partial charge >= 0.3 is 24.3 Å². The molecule has 254 valence electrons. The number of aliphatic carboxylic acids is 2. The molecule has 1 aliphatic heterocycles. The first kappa shape index (κ1) is 35.4. The summed E-state index contributed by atoms with van der Waals surface area (Å²) in [4.78, 5) is 33.7. The van der Waals surface area contributed by atoms with Crippen molar-refractivity contribution in [2.45, 2.75) is 37.7 Å². The van der Waals surface area contributed by atoms with Crippen molar-refractivity contribution in [3.05, 3.63) is 84.6 Å². The number of hydrogen-bond acceptors (Lipinski definition) is 8. The summed E-state index contributed by atoms with van der Waals surface area (Å²) < 4.78 is 65.5. The second kappa shape index (κ2) is 14.5. The number of carboxylic acid groups (broad SMARTS) is 2. The fourth-order valence-electron chi connectivity index (χ4n) is 4.97. The lowest BCUT2D eigenvalue weighted by Gasteiger charge is -2.34. The Hall–Kier alpha value is -5.45. The van der Waals surface area contributed by atoms with Crippen molar-refractivity contribution >= 4 is 39.9 Å². The Balaban J connectivity index is 0.000000314. The van der Waals surface area contributed by atoms with Gasteiger partial charge in [0.15, 0.2) is 11.5 Å². The molecule has 6 N–H and O–H groups in total. The molecule has 1 fully saturated rings. The molecule has 4 heterocycles.